The number of rotatable bonds is 3. The zero-order valence-corrected chi connectivity index (χ0v) is 24.3. The Morgan fingerprint density at radius 1 is 0.875 bits per heavy atom. The minimum atomic E-state index is -0.318. The average molecular weight is 585 g/mol. The number of halogens is 2. The average Bonchev–Trinajstić information content (AvgIpc) is 2.68. The second-order valence-electron chi connectivity index (χ2n) is 6.79. The summed E-state index contributed by atoms with van der Waals surface area (Å²) in [6.45, 7) is 12.1. The van der Waals surface area contributed by atoms with Crippen LogP contribution in [0.5, 0.6) is 0 Å². The second kappa shape index (κ2) is 20.7. The van der Waals surface area contributed by atoms with Gasteiger partial charge in [0, 0.05) is 4.47 Å². The first-order valence-electron chi connectivity index (χ1n) is 9.40. The molecule has 2 aromatic rings. The number of carbonyl (C=O) groups is 2. The van der Waals surface area contributed by atoms with Crippen molar-refractivity contribution in [1.82, 2.24) is 0 Å². The molecule has 0 aromatic heterocycles. The number of aryl methyl sites for hydroxylation is 2. The van der Waals surface area contributed by atoms with Crippen LogP contribution in [-0.2, 0) is 9.47 Å². The van der Waals surface area contributed by atoms with Crippen molar-refractivity contribution < 1.29 is 36.0 Å². The fourth-order valence-corrected chi connectivity index (χ4v) is 3.01. The summed E-state index contributed by atoms with van der Waals surface area (Å²) in [6, 6.07) is 11.3. The Morgan fingerprint density at radius 2 is 1.25 bits per heavy atom. The third-order valence-corrected chi connectivity index (χ3v) is 4.42. The van der Waals surface area contributed by atoms with Crippen LogP contribution in [-0.4, -0.2) is 49.2 Å². The zero-order valence-electron chi connectivity index (χ0n) is 19.7. The molecular formula is C25H36Br2MgO4. The molecule has 0 heterocycles. The summed E-state index contributed by atoms with van der Waals surface area (Å²) in [4.78, 5) is 22.5. The number of methoxy groups -OCH3 is 2. The normalized spacial score (nSPS) is 8.69. The molecule has 0 fully saturated rings. The van der Waals surface area contributed by atoms with E-state index in [1.54, 1.807) is 6.07 Å². The van der Waals surface area contributed by atoms with Crippen molar-refractivity contribution in [3.63, 3.8) is 0 Å². The van der Waals surface area contributed by atoms with Gasteiger partial charge in [0.1, 0.15) is 0 Å². The number of carbonyl (C=O) groups excluding carboxylic acids is 2. The van der Waals surface area contributed by atoms with Crippen molar-refractivity contribution in [3.8, 4) is 0 Å². The standard InChI is InChI=1S/C12H16O2.C9H9BrO2.C3H7.CH4.BrH.Mg/c1-8(2)11-7-9(3)5-6-10(11)12(13)14-4;1-6-3-4-7(8(10)5-6)9(11)12-2;1-3-2;;;/h5-8H,1-4H3;3-5H,1-2H3;3H,1-2H3;1H4;1H;/q;;-1;;;+2/p-1. The van der Waals surface area contributed by atoms with Crippen molar-refractivity contribution in [2.24, 2.45) is 0 Å². The summed E-state index contributed by atoms with van der Waals surface area (Å²) in [5, 5.41) is 0. The molecule has 176 valence electrons. The molecule has 7 heteroatoms. The minimum absolute atomic E-state index is 0. The van der Waals surface area contributed by atoms with Gasteiger partial charge in [0.15, 0.2) is 0 Å². The Morgan fingerprint density at radius 3 is 1.62 bits per heavy atom. The molecule has 0 spiro atoms. The Labute approximate surface area is 229 Å². The monoisotopic (exact) mass is 582 g/mol. The first-order chi connectivity index (χ1) is 13.6. The molecule has 0 aliphatic carbocycles. The number of benzene rings is 2. The summed E-state index contributed by atoms with van der Waals surface area (Å²) in [6.07, 6.45) is 2.00. The van der Waals surface area contributed by atoms with Gasteiger partial charge in [-0.05, 0) is 65.0 Å². The predicted octanol–water partition coefficient (Wildman–Crippen LogP) is 3.94. The molecule has 2 rings (SSSR count). The van der Waals surface area contributed by atoms with E-state index in [-0.39, 0.29) is 59.4 Å². The Hall–Kier alpha value is -0.894. The molecule has 0 unspecified atom stereocenters. The minimum Gasteiger partial charge on any atom is -1.00 e. The summed E-state index contributed by atoms with van der Waals surface area (Å²) >= 11 is 3.29. The number of hydrogen-bond acceptors (Lipinski definition) is 4. The van der Waals surface area contributed by atoms with E-state index in [1.807, 2.05) is 64.4 Å². The maximum absolute atomic E-state index is 11.4. The van der Waals surface area contributed by atoms with Crippen LogP contribution < -0.4 is 17.0 Å². The SMILES string of the molecule is C.COC(=O)c1ccc(C)cc1Br.COC(=O)c1ccc(C)cc1C(C)C.C[CH-]C.[Br-].[Mg+2]. The van der Waals surface area contributed by atoms with Gasteiger partial charge < -0.3 is 32.9 Å². The van der Waals surface area contributed by atoms with Crippen LogP contribution in [0.4, 0.5) is 0 Å². The fraction of sp³-hybridized carbons (Fsp3) is 0.400. The van der Waals surface area contributed by atoms with Crippen molar-refractivity contribution in [1.29, 1.82) is 0 Å². The third-order valence-electron chi connectivity index (χ3n) is 3.76. The van der Waals surface area contributed by atoms with Gasteiger partial charge in [-0.25, -0.2) is 9.59 Å². The van der Waals surface area contributed by atoms with Crippen LogP contribution >= 0.6 is 15.9 Å². The van der Waals surface area contributed by atoms with Gasteiger partial charge >= 0.3 is 35.0 Å². The number of ether oxygens (including phenoxy) is 2. The first kappa shape index (κ1) is 38.4. The van der Waals surface area contributed by atoms with Crippen LogP contribution in [0.1, 0.15) is 78.4 Å². The molecule has 0 radical (unpaired) electrons. The Kier molecular flexibility index (Phi) is 24.8. The van der Waals surface area contributed by atoms with E-state index in [2.05, 4.69) is 34.5 Å². The van der Waals surface area contributed by atoms with Crippen LogP contribution in [0.25, 0.3) is 0 Å². The summed E-state index contributed by atoms with van der Waals surface area (Å²) < 4.78 is 10.1. The van der Waals surface area contributed by atoms with Gasteiger partial charge in [0.25, 0.3) is 0 Å². The van der Waals surface area contributed by atoms with Crippen LogP contribution in [0.15, 0.2) is 40.9 Å². The molecule has 0 N–H and O–H groups in total. The van der Waals surface area contributed by atoms with Crippen molar-refractivity contribution in [2.75, 3.05) is 14.2 Å². The molecule has 2 aromatic carbocycles. The molecule has 0 aliphatic rings. The third kappa shape index (κ3) is 13.6. The van der Waals surface area contributed by atoms with Crippen molar-refractivity contribution >= 4 is 50.9 Å². The van der Waals surface area contributed by atoms with Gasteiger partial charge in [-0.15, -0.1) is 0 Å². The summed E-state index contributed by atoms with van der Waals surface area (Å²) in [7, 11) is 2.78. The summed E-state index contributed by atoms with van der Waals surface area (Å²) in [5.41, 5.74) is 4.56. The molecule has 4 nitrogen and oxygen atoms in total. The summed E-state index contributed by atoms with van der Waals surface area (Å²) in [5.74, 6) is -0.237. The molecule has 0 amide bonds. The molecule has 0 saturated heterocycles. The van der Waals surface area contributed by atoms with E-state index in [0.717, 1.165) is 15.6 Å². The van der Waals surface area contributed by atoms with E-state index >= 15 is 0 Å². The van der Waals surface area contributed by atoms with Gasteiger partial charge in [0.2, 0.25) is 0 Å². The maximum Gasteiger partial charge on any atom is 2.00 e. The van der Waals surface area contributed by atoms with E-state index in [0.29, 0.717) is 17.0 Å². The second-order valence-corrected chi connectivity index (χ2v) is 7.64. The van der Waals surface area contributed by atoms with E-state index < -0.39 is 0 Å². The van der Waals surface area contributed by atoms with Gasteiger partial charge in [-0.3, -0.25) is 0 Å². The molecule has 0 atom stereocenters. The van der Waals surface area contributed by atoms with Gasteiger partial charge in [-0.2, -0.15) is 13.8 Å². The van der Waals surface area contributed by atoms with Crippen molar-refractivity contribution in [3.05, 3.63) is 75.1 Å². The Balaban J connectivity index is -0.000000203. The van der Waals surface area contributed by atoms with E-state index in [9.17, 15) is 9.59 Å². The van der Waals surface area contributed by atoms with Gasteiger partial charge in [0.05, 0.1) is 25.3 Å². The Bertz CT molecular complexity index is 809. The number of esters is 2. The predicted molar refractivity (Wildman–Crippen MR) is 135 cm³/mol. The zero-order chi connectivity index (χ0) is 22.6. The molecule has 0 bridgehead atoms. The van der Waals surface area contributed by atoms with Gasteiger partial charge in [-0.1, -0.05) is 45.0 Å². The maximum atomic E-state index is 11.4. The van der Waals surface area contributed by atoms with E-state index in [4.69, 9.17) is 4.74 Å². The van der Waals surface area contributed by atoms with Crippen molar-refractivity contribution in [2.45, 2.75) is 54.9 Å². The molecular weight excluding hydrogens is 548 g/mol. The van der Waals surface area contributed by atoms with Crippen LogP contribution in [0, 0.1) is 20.3 Å². The van der Waals surface area contributed by atoms with E-state index in [1.165, 1.54) is 19.8 Å². The number of hydrogen-bond donors (Lipinski definition) is 0. The topological polar surface area (TPSA) is 52.6 Å². The molecule has 0 saturated carbocycles. The smallest absolute Gasteiger partial charge is 1.00 e. The first-order valence-corrected chi connectivity index (χ1v) is 10.2. The largest absolute Gasteiger partial charge is 2.00 e. The fourth-order valence-electron chi connectivity index (χ4n) is 2.35. The molecule has 0 aliphatic heterocycles. The molecule has 32 heavy (non-hydrogen) atoms. The van der Waals surface area contributed by atoms with Crippen LogP contribution in [0.2, 0.25) is 0 Å². The van der Waals surface area contributed by atoms with Crippen LogP contribution in [0.3, 0.4) is 0 Å². The quantitative estimate of drug-likeness (QED) is 0.312.